The molecule has 0 aromatic heterocycles. The van der Waals surface area contributed by atoms with Crippen molar-refractivity contribution >= 4 is 35.3 Å². The number of benzene rings is 3. The number of carboxylic acids is 1. The molecular formula is C31H31F2N3O4. The van der Waals surface area contributed by atoms with E-state index in [2.05, 4.69) is 5.16 Å². The van der Waals surface area contributed by atoms with Gasteiger partial charge in [-0.25, -0.2) is 13.8 Å². The number of halogens is 2. The summed E-state index contributed by atoms with van der Waals surface area (Å²) in [6.07, 6.45) is 2.99. The van der Waals surface area contributed by atoms with Crippen molar-refractivity contribution in [1.29, 1.82) is 0 Å². The first-order valence-electron chi connectivity index (χ1n) is 13.1. The zero-order chi connectivity index (χ0) is 28.7. The van der Waals surface area contributed by atoms with Crippen LogP contribution in [0.1, 0.15) is 55.7 Å². The number of oxime groups is 1. The van der Waals surface area contributed by atoms with Crippen LogP contribution in [-0.2, 0) is 20.8 Å². The average Bonchev–Trinajstić information content (AvgIpc) is 3.31. The fourth-order valence-electron chi connectivity index (χ4n) is 4.58. The lowest BCUT2D eigenvalue weighted by molar-refractivity contribution is -0.137. The van der Waals surface area contributed by atoms with Gasteiger partial charge in [-0.2, -0.15) is 0 Å². The molecule has 3 aromatic rings. The largest absolute Gasteiger partial charge is 0.481 e. The summed E-state index contributed by atoms with van der Waals surface area (Å²) in [5, 5.41) is 13.3. The molecule has 0 bridgehead atoms. The number of amidine groups is 1. The minimum absolute atomic E-state index is 0.00987. The van der Waals surface area contributed by atoms with E-state index in [-0.39, 0.29) is 12.2 Å². The molecule has 4 rings (SSSR count). The van der Waals surface area contributed by atoms with Crippen molar-refractivity contribution in [2.24, 2.45) is 10.1 Å². The summed E-state index contributed by atoms with van der Waals surface area (Å²) in [5.41, 5.74) is 3.85. The second kappa shape index (κ2) is 12.6. The number of rotatable bonds is 11. The van der Waals surface area contributed by atoms with Crippen LogP contribution in [0.15, 0.2) is 76.9 Å². The first kappa shape index (κ1) is 28.6. The van der Waals surface area contributed by atoms with Gasteiger partial charge < -0.3 is 9.94 Å². The van der Waals surface area contributed by atoms with E-state index in [1.165, 1.54) is 41.3 Å². The molecule has 208 valence electrons. The van der Waals surface area contributed by atoms with Gasteiger partial charge in [-0.15, -0.1) is 0 Å². The van der Waals surface area contributed by atoms with E-state index >= 15 is 0 Å². The minimum Gasteiger partial charge on any atom is -0.481 e. The first-order valence-corrected chi connectivity index (χ1v) is 13.1. The Morgan fingerprint density at radius 1 is 1.05 bits per heavy atom. The van der Waals surface area contributed by atoms with E-state index in [0.717, 1.165) is 22.4 Å². The number of hydrogen-bond donors (Lipinski definition) is 1. The molecule has 0 radical (unpaired) electrons. The molecule has 7 nitrogen and oxygen atoms in total. The number of unbranched alkanes of at least 4 members (excludes halogenated alkanes) is 1. The van der Waals surface area contributed by atoms with Crippen molar-refractivity contribution in [2.75, 3.05) is 4.90 Å². The van der Waals surface area contributed by atoms with Crippen LogP contribution in [0.3, 0.4) is 0 Å². The lowest BCUT2D eigenvalue weighted by Crippen LogP contribution is -2.29. The number of anilines is 1. The highest BCUT2D eigenvalue weighted by Crippen LogP contribution is 2.32. The number of carboxylic acid groups (broad SMARTS) is 1. The van der Waals surface area contributed by atoms with Crippen LogP contribution in [0.4, 0.5) is 20.2 Å². The van der Waals surface area contributed by atoms with Gasteiger partial charge in [0.05, 0.1) is 11.4 Å². The third kappa shape index (κ3) is 7.37. The molecule has 1 atom stereocenters. The Bertz CT molecular complexity index is 1420. The Labute approximate surface area is 231 Å². The molecule has 1 amide bonds. The van der Waals surface area contributed by atoms with Crippen molar-refractivity contribution in [3.8, 4) is 0 Å². The zero-order valence-electron chi connectivity index (χ0n) is 22.4. The lowest BCUT2D eigenvalue weighted by Gasteiger charge is -2.21. The van der Waals surface area contributed by atoms with Gasteiger partial charge in [0.1, 0.15) is 23.1 Å². The molecule has 40 heavy (non-hydrogen) atoms. The van der Waals surface area contributed by atoms with Crippen LogP contribution in [0.5, 0.6) is 0 Å². The maximum Gasteiger partial charge on any atom is 0.303 e. The van der Waals surface area contributed by atoms with E-state index in [0.29, 0.717) is 55.7 Å². The van der Waals surface area contributed by atoms with Gasteiger partial charge in [-0.1, -0.05) is 29.4 Å². The van der Waals surface area contributed by atoms with Crippen LogP contribution in [0, 0.1) is 18.6 Å². The van der Waals surface area contributed by atoms with E-state index < -0.39 is 17.4 Å². The number of nitrogens with zero attached hydrogens (tertiary/aromatic N) is 3. The molecule has 1 aliphatic rings. The highest BCUT2D eigenvalue weighted by molar-refractivity contribution is 6.11. The Hall–Kier alpha value is -4.40. The van der Waals surface area contributed by atoms with Crippen LogP contribution in [0.2, 0.25) is 0 Å². The second-order valence-electron chi connectivity index (χ2n) is 10.1. The normalized spacial score (nSPS) is 16.8. The van der Waals surface area contributed by atoms with Crippen LogP contribution >= 0.6 is 0 Å². The fourth-order valence-corrected chi connectivity index (χ4v) is 4.58. The smallest absolute Gasteiger partial charge is 0.303 e. The molecule has 1 unspecified atom stereocenters. The standard InChI is InChI=1S/C31H31F2N3O4/c1-21-7-10-23(28-19-31(2,40-35-28)18-22-8-11-24(32)12-9-22)17-27(21)34-29(5-3-4-6-30(38)39)36(20-37)26-15-13-25(33)14-16-26/h7-17,20H,3-6,18-19H2,1-2H3,(H,38,39)/b34-29-. The third-order valence-corrected chi connectivity index (χ3v) is 6.73. The topological polar surface area (TPSA) is 91.6 Å². The molecule has 1 N–H and O–H groups in total. The van der Waals surface area contributed by atoms with E-state index in [1.54, 1.807) is 12.1 Å². The maximum absolute atomic E-state index is 13.5. The molecular weight excluding hydrogens is 516 g/mol. The van der Waals surface area contributed by atoms with Crippen LogP contribution in [-0.4, -0.2) is 34.6 Å². The number of hydrogen-bond acceptors (Lipinski definition) is 5. The summed E-state index contributed by atoms with van der Waals surface area (Å²) in [4.78, 5) is 35.1. The van der Waals surface area contributed by atoms with E-state index in [9.17, 15) is 18.4 Å². The average molecular weight is 548 g/mol. The first-order chi connectivity index (χ1) is 19.2. The quantitative estimate of drug-likeness (QED) is 0.125. The molecule has 1 heterocycles. The van der Waals surface area contributed by atoms with Crippen molar-refractivity contribution in [2.45, 2.75) is 58.0 Å². The zero-order valence-corrected chi connectivity index (χ0v) is 22.4. The van der Waals surface area contributed by atoms with E-state index in [4.69, 9.17) is 14.9 Å². The van der Waals surface area contributed by atoms with Gasteiger partial charge in [-0.05, 0) is 80.3 Å². The van der Waals surface area contributed by atoms with Gasteiger partial charge in [0, 0.05) is 36.9 Å². The number of carbonyl (C=O) groups is 2. The molecule has 0 saturated carbocycles. The Morgan fingerprint density at radius 3 is 2.35 bits per heavy atom. The maximum atomic E-state index is 13.5. The minimum atomic E-state index is -0.890. The summed E-state index contributed by atoms with van der Waals surface area (Å²) >= 11 is 0. The Morgan fingerprint density at radius 2 is 1.70 bits per heavy atom. The lowest BCUT2D eigenvalue weighted by atomic mass is 9.89. The van der Waals surface area contributed by atoms with Crippen LogP contribution in [0.25, 0.3) is 0 Å². The molecule has 9 heteroatoms. The predicted octanol–water partition coefficient (Wildman–Crippen LogP) is 6.74. The van der Waals surface area contributed by atoms with Gasteiger partial charge in [-0.3, -0.25) is 14.5 Å². The molecule has 0 saturated heterocycles. The van der Waals surface area contributed by atoms with Gasteiger partial charge in [0.2, 0.25) is 6.41 Å². The molecule has 0 spiro atoms. The molecule has 3 aromatic carbocycles. The monoisotopic (exact) mass is 547 g/mol. The summed E-state index contributed by atoms with van der Waals surface area (Å²) in [5.74, 6) is -1.19. The molecule has 0 fully saturated rings. The number of aliphatic carboxylic acids is 1. The predicted molar refractivity (Wildman–Crippen MR) is 150 cm³/mol. The van der Waals surface area contributed by atoms with Crippen molar-refractivity contribution < 1.29 is 28.3 Å². The SMILES string of the molecule is Cc1ccc(C2=NOC(C)(Cc3ccc(F)cc3)C2)cc1/N=C(/CCCCC(=O)O)N(C=O)c1ccc(F)cc1. The molecule has 0 aliphatic carbocycles. The number of amides is 1. The third-order valence-electron chi connectivity index (χ3n) is 6.73. The number of aryl methyl sites for hydroxylation is 1. The van der Waals surface area contributed by atoms with Gasteiger partial charge in [0.25, 0.3) is 0 Å². The highest BCUT2D eigenvalue weighted by Gasteiger charge is 2.35. The fraction of sp³-hybridized carbons (Fsp3) is 0.290. The van der Waals surface area contributed by atoms with Crippen molar-refractivity contribution in [1.82, 2.24) is 0 Å². The summed E-state index contributed by atoms with van der Waals surface area (Å²) in [6, 6.07) is 17.6. The van der Waals surface area contributed by atoms with Gasteiger partial charge in [0.15, 0.2) is 0 Å². The highest BCUT2D eigenvalue weighted by atomic mass is 19.1. The summed E-state index contributed by atoms with van der Waals surface area (Å²) < 4.78 is 26.9. The summed E-state index contributed by atoms with van der Waals surface area (Å²) in [7, 11) is 0. The van der Waals surface area contributed by atoms with Crippen LogP contribution < -0.4 is 4.90 Å². The van der Waals surface area contributed by atoms with Crippen molar-refractivity contribution in [3.63, 3.8) is 0 Å². The van der Waals surface area contributed by atoms with E-state index in [1.807, 2.05) is 32.0 Å². The molecule has 1 aliphatic heterocycles. The summed E-state index contributed by atoms with van der Waals surface area (Å²) in [6.45, 7) is 3.86. The van der Waals surface area contributed by atoms with Gasteiger partial charge >= 0.3 is 5.97 Å². The second-order valence-corrected chi connectivity index (χ2v) is 10.1. The number of aliphatic imine (C=N–C) groups is 1. The number of carbonyl (C=O) groups excluding carboxylic acids is 1. The Balaban J connectivity index is 1.59. The van der Waals surface area contributed by atoms with Crippen molar-refractivity contribution in [3.05, 3.63) is 95.1 Å². The Kier molecular flexibility index (Phi) is 9.04.